The van der Waals surface area contributed by atoms with Crippen molar-refractivity contribution in [2.45, 2.75) is 41.5 Å². The second-order valence-corrected chi connectivity index (χ2v) is 8.74. The van der Waals surface area contributed by atoms with Gasteiger partial charge in [0.2, 0.25) is 10.5 Å². The largest absolute Gasteiger partial charge is 0.414 e. The normalized spacial score (nSPS) is 12.8. The molecule has 0 aliphatic rings. The van der Waals surface area contributed by atoms with Crippen LogP contribution in [0.5, 0.6) is 0 Å². The maximum Gasteiger partial charge on any atom is 0.246 e. The summed E-state index contributed by atoms with van der Waals surface area (Å²) in [5, 5.41) is 0. The SMILES string of the molecule is COC(OC)[Si]CC(C[Si]C(OC)OC)(C[Si]C(OC)OC)O[Si]. The summed E-state index contributed by atoms with van der Waals surface area (Å²) in [6.07, 6.45) is 0. The molecule has 0 saturated heterocycles. The van der Waals surface area contributed by atoms with Crippen molar-refractivity contribution in [1.29, 1.82) is 0 Å². The first kappa shape index (κ1) is 24.6. The van der Waals surface area contributed by atoms with E-state index in [9.17, 15) is 0 Å². The Balaban J connectivity index is 4.90. The van der Waals surface area contributed by atoms with Gasteiger partial charge in [-0.05, 0) is 18.1 Å². The van der Waals surface area contributed by atoms with Crippen LogP contribution in [0.1, 0.15) is 0 Å². The van der Waals surface area contributed by atoms with Gasteiger partial charge in [0, 0.05) is 48.3 Å². The molecule has 7 nitrogen and oxygen atoms in total. The minimum absolute atomic E-state index is 0.237. The van der Waals surface area contributed by atoms with Crippen LogP contribution in [0.3, 0.4) is 0 Å². The van der Waals surface area contributed by atoms with Crippen LogP contribution in [0.2, 0.25) is 18.1 Å². The van der Waals surface area contributed by atoms with Crippen LogP contribution in [-0.2, 0) is 32.8 Å². The van der Waals surface area contributed by atoms with Crippen molar-refractivity contribution in [2.24, 2.45) is 0 Å². The molecule has 9 radical (unpaired) electrons. The molecule has 0 N–H and O–H groups in total. The van der Waals surface area contributed by atoms with E-state index in [4.69, 9.17) is 32.8 Å². The van der Waals surface area contributed by atoms with Crippen LogP contribution < -0.4 is 0 Å². The third-order valence-corrected chi connectivity index (χ3v) is 8.67. The van der Waals surface area contributed by atoms with E-state index in [1.54, 1.807) is 42.7 Å². The van der Waals surface area contributed by atoms with Crippen molar-refractivity contribution >= 4 is 39.0 Å². The van der Waals surface area contributed by atoms with Crippen LogP contribution in [0.4, 0.5) is 0 Å². The molecule has 0 bridgehead atoms. The zero-order valence-corrected chi connectivity index (χ0v) is 19.2. The van der Waals surface area contributed by atoms with Gasteiger partial charge in [-0.3, -0.25) is 0 Å². The number of hydrogen-bond acceptors (Lipinski definition) is 7. The molecule has 0 spiro atoms. The van der Waals surface area contributed by atoms with Crippen molar-refractivity contribution in [1.82, 2.24) is 0 Å². The molecule has 0 unspecified atom stereocenters. The van der Waals surface area contributed by atoms with E-state index < -0.39 is 5.60 Å². The van der Waals surface area contributed by atoms with E-state index in [-0.39, 0.29) is 17.7 Å². The van der Waals surface area contributed by atoms with E-state index in [0.29, 0.717) is 28.6 Å². The zero-order chi connectivity index (χ0) is 18.4. The zero-order valence-electron chi connectivity index (χ0n) is 15.2. The lowest BCUT2D eigenvalue weighted by Crippen LogP contribution is -2.42. The molecule has 0 aromatic rings. The molecule has 0 aromatic carbocycles. The van der Waals surface area contributed by atoms with Crippen LogP contribution in [-0.4, -0.2) is 105 Å². The van der Waals surface area contributed by atoms with Crippen LogP contribution >= 0.6 is 0 Å². The maximum absolute atomic E-state index is 5.75. The van der Waals surface area contributed by atoms with Gasteiger partial charge in [0.15, 0.2) is 0 Å². The van der Waals surface area contributed by atoms with Gasteiger partial charge in [0.25, 0.3) is 0 Å². The van der Waals surface area contributed by atoms with E-state index in [2.05, 4.69) is 10.5 Å². The molecule has 11 heteroatoms. The van der Waals surface area contributed by atoms with Gasteiger partial charge in [-0.2, -0.15) is 0 Å². The Kier molecular flexibility index (Phi) is 15.1. The molecule has 0 aliphatic carbocycles. The second kappa shape index (κ2) is 14.7. The second-order valence-electron chi connectivity index (χ2n) is 4.84. The van der Waals surface area contributed by atoms with E-state index in [1.165, 1.54) is 0 Å². The number of methoxy groups -OCH3 is 6. The summed E-state index contributed by atoms with van der Waals surface area (Å²) in [6.45, 7) is 0. The van der Waals surface area contributed by atoms with Crippen molar-refractivity contribution in [3.63, 3.8) is 0 Å². The standard InChI is InChI=1S/C13H27O7Si4/c1-14-10(15-2)22-7-13(20-21,8-23-11(16-3)17-4)9-24-12(18-5)19-6/h10-12H,7-9H2,1-6H3. The fourth-order valence-electron chi connectivity index (χ4n) is 1.89. The highest BCUT2D eigenvalue weighted by molar-refractivity contribution is 6.42. The monoisotopic (exact) mass is 407 g/mol. The number of rotatable bonds is 16. The van der Waals surface area contributed by atoms with Crippen LogP contribution in [0.15, 0.2) is 0 Å². The minimum atomic E-state index is -0.397. The predicted molar refractivity (Wildman–Crippen MR) is 94.7 cm³/mol. The quantitative estimate of drug-likeness (QED) is 0.262. The summed E-state index contributed by atoms with van der Waals surface area (Å²) in [7, 11) is 14.4. The highest BCUT2D eigenvalue weighted by atomic mass is 28.2. The molecule has 0 aliphatic heterocycles. The molecule has 0 amide bonds. The molecule has 137 valence electrons. The summed E-state index contributed by atoms with van der Waals surface area (Å²) in [4.78, 5) is 0. The van der Waals surface area contributed by atoms with Crippen molar-refractivity contribution < 1.29 is 32.8 Å². The molecule has 0 aromatic heterocycles. The Hall–Kier alpha value is 0.588. The molecule has 0 heterocycles. The molecule has 0 rings (SSSR count). The molecule has 0 atom stereocenters. The third kappa shape index (κ3) is 9.33. The Morgan fingerprint density at radius 2 is 0.875 bits per heavy atom. The van der Waals surface area contributed by atoms with Gasteiger partial charge in [0.05, 0.1) is 0 Å². The van der Waals surface area contributed by atoms with Gasteiger partial charge < -0.3 is 32.8 Å². The third-order valence-electron chi connectivity index (χ3n) is 3.27. The Morgan fingerprint density at radius 3 is 1.04 bits per heavy atom. The highest BCUT2D eigenvalue weighted by Gasteiger charge is 2.33. The molecule has 0 saturated carbocycles. The fraction of sp³-hybridized carbons (Fsp3) is 1.00. The smallest absolute Gasteiger partial charge is 0.246 e. The van der Waals surface area contributed by atoms with Gasteiger partial charge in [-0.25, -0.2) is 0 Å². The Bertz CT molecular complexity index is 249. The average molecular weight is 408 g/mol. The van der Waals surface area contributed by atoms with Crippen molar-refractivity contribution in [3.8, 4) is 0 Å². The van der Waals surface area contributed by atoms with Crippen molar-refractivity contribution in [3.05, 3.63) is 0 Å². The average Bonchev–Trinajstić information content (AvgIpc) is 2.63. The Labute approximate surface area is 156 Å². The van der Waals surface area contributed by atoms with Crippen LogP contribution in [0, 0.1) is 0 Å². The lowest BCUT2D eigenvalue weighted by molar-refractivity contribution is -0.0483. The summed E-state index contributed by atoms with van der Waals surface area (Å²) in [5.41, 5.74) is -0.397. The Morgan fingerprint density at radius 1 is 0.625 bits per heavy atom. The van der Waals surface area contributed by atoms with Crippen molar-refractivity contribution in [2.75, 3.05) is 42.7 Å². The van der Waals surface area contributed by atoms with Gasteiger partial charge in [0.1, 0.15) is 46.3 Å². The first-order valence-electron chi connectivity index (χ1n) is 7.26. The lowest BCUT2D eigenvalue weighted by Gasteiger charge is -2.35. The summed E-state index contributed by atoms with van der Waals surface area (Å²) >= 11 is 0. The first-order chi connectivity index (χ1) is 11.5. The number of hydrogen-bond donors (Lipinski definition) is 0. The topological polar surface area (TPSA) is 64.6 Å². The van der Waals surface area contributed by atoms with E-state index in [0.717, 1.165) is 18.1 Å². The minimum Gasteiger partial charge on any atom is -0.414 e. The summed E-state index contributed by atoms with van der Waals surface area (Å²) in [5.74, 6) is -0.711. The van der Waals surface area contributed by atoms with Gasteiger partial charge in [-0.15, -0.1) is 0 Å². The maximum atomic E-state index is 5.75. The fourth-order valence-corrected chi connectivity index (χ4v) is 6.87. The van der Waals surface area contributed by atoms with Gasteiger partial charge in [-0.1, -0.05) is 0 Å². The molecular formula is C13H27O7Si4. The molecule has 24 heavy (non-hydrogen) atoms. The highest BCUT2D eigenvalue weighted by Crippen LogP contribution is 2.27. The van der Waals surface area contributed by atoms with Crippen LogP contribution in [0.25, 0.3) is 0 Å². The molecular weight excluding hydrogens is 380 g/mol. The summed E-state index contributed by atoms with van der Waals surface area (Å²) in [6, 6.07) is 2.34. The molecule has 0 fully saturated rings. The first-order valence-corrected chi connectivity index (χ1v) is 11.5. The number of ether oxygens (including phenoxy) is 6. The predicted octanol–water partition coefficient (Wildman–Crippen LogP) is -0.0780. The lowest BCUT2D eigenvalue weighted by atomic mass is 10.2. The van der Waals surface area contributed by atoms with E-state index >= 15 is 0 Å². The van der Waals surface area contributed by atoms with E-state index in [1.807, 2.05) is 0 Å². The summed E-state index contributed by atoms with van der Waals surface area (Å²) < 4.78 is 37.5. The van der Waals surface area contributed by atoms with Gasteiger partial charge >= 0.3 is 0 Å².